The van der Waals surface area contributed by atoms with Crippen LogP contribution >= 0.6 is 21.1 Å². The van der Waals surface area contributed by atoms with Crippen LogP contribution in [0.4, 0.5) is 11.4 Å². The SMILES string of the molecule is COCCOCCOCCOCCOCCOCCN(CCOCCOCCOCCOCCOCCOC)c1ccc2c(c1)OI=C(/C=C/C=C1/N(CCCCCC(=O)O)c3ccc(S(=O)(=O)[O-])cc3C1(C)C)C=C2C(C)(C)C. The fourth-order valence-electron chi connectivity index (χ4n) is 8.48. The number of nitrogens with zero attached hydrogens (tertiary/aromatic N) is 2. The van der Waals surface area contributed by atoms with Gasteiger partial charge in [-0.05, 0) is 78.0 Å². The molecule has 1 N–H and O–H groups in total. The third kappa shape index (κ3) is 26.4. The zero-order valence-corrected chi connectivity index (χ0v) is 51.3. The third-order valence-electron chi connectivity index (χ3n) is 12.7. The number of benzene rings is 2. The highest BCUT2D eigenvalue weighted by molar-refractivity contribution is 14.2. The Kier molecular flexibility index (Phi) is 33.8. The smallest absolute Gasteiger partial charge is 0.303 e. The fraction of sp³-hybridized carbons (Fsp3) is 0.655. The molecule has 2 aromatic carbocycles. The van der Waals surface area contributed by atoms with Gasteiger partial charge in [-0.2, -0.15) is 0 Å². The monoisotopic (exact) mass is 1260 g/mol. The first-order valence-electron chi connectivity index (χ1n) is 27.6. The van der Waals surface area contributed by atoms with E-state index >= 15 is 0 Å². The van der Waals surface area contributed by atoms with E-state index in [0.717, 1.165) is 49.5 Å². The van der Waals surface area contributed by atoms with Gasteiger partial charge >= 0.3 is 5.97 Å². The Morgan fingerprint density at radius 1 is 0.675 bits per heavy atom. The molecule has 22 heteroatoms. The number of carbonyl (C=O) groups is 1. The highest BCUT2D eigenvalue weighted by Gasteiger charge is 2.40. The highest BCUT2D eigenvalue weighted by atomic mass is 127. The Bertz CT molecular complexity index is 2280. The summed E-state index contributed by atoms with van der Waals surface area (Å²) in [5.41, 5.74) is 4.78. The molecule has 2 aliphatic rings. The van der Waals surface area contributed by atoms with Crippen LogP contribution in [-0.4, -0.2) is 207 Å². The van der Waals surface area contributed by atoms with E-state index in [0.29, 0.717) is 178 Å². The molecule has 20 nitrogen and oxygen atoms in total. The van der Waals surface area contributed by atoms with E-state index < -0.39 is 42.6 Å². The summed E-state index contributed by atoms with van der Waals surface area (Å²) in [7, 11) is -1.39. The van der Waals surface area contributed by atoms with Crippen LogP contribution in [0.25, 0.3) is 5.57 Å². The molecule has 0 aromatic heterocycles. The van der Waals surface area contributed by atoms with E-state index in [-0.39, 0.29) is 16.7 Å². The molecular weight excluding hydrogens is 1170 g/mol. The van der Waals surface area contributed by atoms with Gasteiger partial charge in [-0.3, -0.25) is 4.79 Å². The number of anilines is 2. The quantitative estimate of drug-likeness (QED) is 0.0383. The average Bonchev–Trinajstić information content (AvgIpc) is 3.49. The van der Waals surface area contributed by atoms with Gasteiger partial charge in [0.2, 0.25) is 0 Å². The summed E-state index contributed by atoms with van der Waals surface area (Å²) in [6, 6.07) is 10.9. The van der Waals surface area contributed by atoms with Gasteiger partial charge in [0.1, 0.15) is 37.0 Å². The van der Waals surface area contributed by atoms with Crippen molar-refractivity contribution in [2.45, 2.75) is 70.6 Å². The zero-order chi connectivity index (χ0) is 57.9. The van der Waals surface area contributed by atoms with Crippen LogP contribution in [0, 0.1) is 5.41 Å². The van der Waals surface area contributed by atoms with Crippen LogP contribution in [0.3, 0.4) is 0 Å². The lowest BCUT2D eigenvalue weighted by Crippen LogP contribution is -2.31. The number of ether oxygens (including phenoxy) is 12. The largest absolute Gasteiger partial charge is 0.744 e. The van der Waals surface area contributed by atoms with Gasteiger partial charge in [-0.15, -0.1) is 0 Å². The summed E-state index contributed by atoms with van der Waals surface area (Å²) >= 11 is -0.966. The lowest BCUT2D eigenvalue weighted by atomic mass is 9.81. The van der Waals surface area contributed by atoms with Crippen molar-refractivity contribution in [3.05, 3.63) is 77.5 Å². The molecule has 0 saturated heterocycles. The Labute approximate surface area is 486 Å². The van der Waals surface area contributed by atoms with Crippen molar-refractivity contribution >= 4 is 57.7 Å². The van der Waals surface area contributed by atoms with Gasteiger partial charge in [0, 0.05) is 77.9 Å². The molecule has 80 heavy (non-hydrogen) atoms. The molecule has 0 saturated carbocycles. The summed E-state index contributed by atoms with van der Waals surface area (Å²) in [6.45, 7) is 23.1. The molecule has 0 spiro atoms. The van der Waals surface area contributed by atoms with Crippen molar-refractivity contribution in [1.82, 2.24) is 0 Å². The van der Waals surface area contributed by atoms with Gasteiger partial charge in [-0.25, -0.2) is 8.42 Å². The number of methoxy groups -OCH3 is 2. The Balaban J connectivity index is 1.39. The maximum Gasteiger partial charge on any atom is 0.303 e. The second kappa shape index (κ2) is 39.2. The Hall–Kier alpha value is -3.44. The zero-order valence-electron chi connectivity index (χ0n) is 48.3. The number of fused-ring (bicyclic) bond motifs is 2. The standard InChI is InChI=1S/C58H91IN2O18S/c1-57(2,3)51-44-47(12-11-13-55-58(4,5)52-46-49(80(64,65)66)16-18-53(52)61(55)19-10-8-9-14-56(62)63)59-79-54-45-48(15-17-50(51)54)60(20-22-69-28-30-73-36-38-77-42-40-75-34-32-71-26-24-67-6)21-23-70-29-31-74-37-39-78-43-41-76-35-33-72-27-25-68-7/h11-13,15-18,44-46H,8-10,14,19-43H2,1-7H3,(H,62,63)(H,64,65,66)/p-1/b12-11+,55-13+. The number of hydrogen-bond donors (Lipinski definition) is 1. The van der Waals surface area contributed by atoms with E-state index in [1.54, 1.807) is 20.3 Å². The van der Waals surface area contributed by atoms with E-state index in [2.05, 4.69) is 67.0 Å². The third-order valence-corrected chi connectivity index (χ3v) is 15.4. The first-order valence-corrected chi connectivity index (χ1v) is 31.0. The van der Waals surface area contributed by atoms with Crippen LogP contribution in [-0.2, 0) is 77.2 Å². The first-order chi connectivity index (χ1) is 38.6. The first kappa shape index (κ1) is 69.1. The molecule has 2 heterocycles. The summed E-state index contributed by atoms with van der Waals surface area (Å²) in [4.78, 5) is 15.3. The molecule has 0 amide bonds. The van der Waals surface area contributed by atoms with E-state index in [1.807, 2.05) is 19.9 Å². The van der Waals surface area contributed by atoms with Crippen LogP contribution in [0.15, 0.2) is 71.3 Å². The van der Waals surface area contributed by atoms with Crippen molar-refractivity contribution in [2.24, 2.45) is 5.41 Å². The number of unbranched alkanes of at least 4 members (excludes halogenated alkanes) is 2. The van der Waals surface area contributed by atoms with Crippen molar-refractivity contribution in [3.63, 3.8) is 0 Å². The second-order valence-corrected chi connectivity index (χ2v) is 23.7. The number of aliphatic carboxylic acids is 1. The molecule has 0 bridgehead atoms. The maximum atomic E-state index is 12.1. The predicted molar refractivity (Wildman–Crippen MR) is 316 cm³/mol. The van der Waals surface area contributed by atoms with Crippen molar-refractivity contribution in [3.8, 4) is 5.75 Å². The number of hydrogen-bond acceptors (Lipinski definition) is 19. The maximum absolute atomic E-state index is 12.1. The highest BCUT2D eigenvalue weighted by Crippen LogP contribution is 2.49. The Morgan fingerprint density at radius 2 is 1.15 bits per heavy atom. The topological polar surface area (TPSA) is 221 Å². The molecule has 2 aromatic rings. The second-order valence-electron chi connectivity index (χ2n) is 20.1. The minimum Gasteiger partial charge on any atom is -0.744 e. The number of halogens is 1. The summed E-state index contributed by atoms with van der Waals surface area (Å²) in [5.74, 6) is -0.0212. The average molecular weight is 1260 g/mol. The van der Waals surface area contributed by atoms with E-state index in [1.165, 1.54) is 12.1 Å². The van der Waals surface area contributed by atoms with E-state index in [9.17, 15) is 22.9 Å². The summed E-state index contributed by atoms with van der Waals surface area (Å²) in [6.07, 6.45) is 10.5. The number of rotatable bonds is 46. The summed E-state index contributed by atoms with van der Waals surface area (Å²) < 4.78 is 111. The number of allylic oxidation sites excluding steroid dienone is 6. The minimum absolute atomic E-state index is 0.0983. The normalized spacial score (nSPS) is 14.9. The fourth-order valence-corrected chi connectivity index (χ4v) is 10.6. The lowest BCUT2D eigenvalue weighted by Gasteiger charge is -2.27. The molecular formula is C58H90IN2O18S-. The van der Waals surface area contributed by atoms with E-state index in [4.69, 9.17) is 59.9 Å². The van der Waals surface area contributed by atoms with Crippen molar-refractivity contribution in [1.29, 1.82) is 0 Å². The predicted octanol–water partition coefficient (Wildman–Crippen LogP) is 7.62. The molecule has 0 unspecified atom stereocenters. The van der Waals surface area contributed by atoms with Gasteiger partial charge in [0.15, 0.2) is 0 Å². The number of carboxylic acids is 1. The van der Waals surface area contributed by atoms with Crippen LogP contribution in [0.1, 0.15) is 71.4 Å². The molecule has 454 valence electrons. The van der Waals surface area contributed by atoms with Gasteiger partial charge in [0.25, 0.3) is 0 Å². The van der Waals surface area contributed by atoms with Crippen molar-refractivity contribution < 1.29 is 82.8 Å². The number of carboxylic acid groups (broad SMARTS) is 1. The van der Waals surface area contributed by atoms with Crippen LogP contribution in [0.5, 0.6) is 5.75 Å². The van der Waals surface area contributed by atoms with Crippen LogP contribution in [0.2, 0.25) is 0 Å². The summed E-state index contributed by atoms with van der Waals surface area (Å²) in [5, 5.41) is 9.19. The molecule has 0 radical (unpaired) electrons. The molecule has 0 fully saturated rings. The molecule has 0 aliphatic carbocycles. The molecule has 2 aliphatic heterocycles. The molecule has 4 rings (SSSR count). The van der Waals surface area contributed by atoms with Gasteiger partial charge < -0.3 is 79.4 Å². The lowest BCUT2D eigenvalue weighted by molar-refractivity contribution is -0.137. The van der Waals surface area contributed by atoms with Crippen molar-refractivity contribution in [2.75, 3.05) is 189 Å². The van der Waals surface area contributed by atoms with Gasteiger partial charge in [0.05, 0.1) is 150 Å². The van der Waals surface area contributed by atoms with Gasteiger partial charge in [-0.1, -0.05) is 47.1 Å². The molecule has 0 atom stereocenters. The Morgan fingerprint density at radius 3 is 1.60 bits per heavy atom. The van der Waals surface area contributed by atoms with Crippen LogP contribution < -0.4 is 12.9 Å². The minimum atomic E-state index is -4.67.